The second-order valence-electron chi connectivity index (χ2n) is 4.21. The third-order valence-electron chi connectivity index (χ3n) is 2.69. The fraction of sp³-hybridized carbons (Fsp3) is 0.0625. The van der Waals surface area contributed by atoms with Gasteiger partial charge in [0.25, 0.3) is 0 Å². The number of nitriles is 2. The van der Waals surface area contributed by atoms with Gasteiger partial charge >= 0.3 is 0 Å². The minimum atomic E-state index is -0.211. The fourth-order valence-electron chi connectivity index (χ4n) is 1.62. The highest BCUT2D eigenvalue weighted by atomic mass is 35.5. The van der Waals surface area contributed by atoms with Crippen LogP contribution < -0.4 is 5.43 Å². The Balaban J connectivity index is 2.08. The van der Waals surface area contributed by atoms with Crippen LogP contribution in [0, 0.1) is 22.7 Å². The van der Waals surface area contributed by atoms with Crippen molar-refractivity contribution in [2.24, 2.45) is 5.10 Å². The number of hydrazone groups is 1. The minimum absolute atomic E-state index is 0.211. The molecule has 2 aromatic carbocycles. The number of nitrogens with one attached hydrogen (secondary N) is 1. The van der Waals surface area contributed by atoms with Crippen molar-refractivity contribution >= 4 is 34.8 Å². The van der Waals surface area contributed by atoms with E-state index in [1.54, 1.807) is 23.9 Å². The van der Waals surface area contributed by atoms with Crippen LogP contribution in [-0.2, 0) is 5.75 Å². The molecule has 1 N–H and O–H groups in total. The molecule has 0 amide bonds. The SMILES string of the molecule is N#CC(C#N)=NNc1ccccc1SCc1ccc(Cl)cc1. The fourth-order valence-corrected chi connectivity index (χ4v) is 2.70. The van der Waals surface area contributed by atoms with Gasteiger partial charge in [0.1, 0.15) is 12.1 Å². The Kier molecular flexibility index (Phi) is 5.85. The summed E-state index contributed by atoms with van der Waals surface area (Å²) in [6.45, 7) is 0. The number of anilines is 1. The van der Waals surface area contributed by atoms with Crippen LogP contribution in [0.2, 0.25) is 5.02 Å². The smallest absolute Gasteiger partial charge is 0.237 e. The molecule has 0 saturated heterocycles. The van der Waals surface area contributed by atoms with E-state index in [-0.39, 0.29) is 5.71 Å². The van der Waals surface area contributed by atoms with Crippen LogP contribution >= 0.6 is 23.4 Å². The first kappa shape index (κ1) is 15.9. The summed E-state index contributed by atoms with van der Waals surface area (Å²) in [6, 6.07) is 18.7. The second-order valence-corrected chi connectivity index (χ2v) is 5.66. The molecular formula is C16H11ClN4S. The Bertz CT molecular complexity index is 741. The quantitative estimate of drug-likeness (QED) is 0.500. The van der Waals surface area contributed by atoms with E-state index in [0.29, 0.717) is 5.02 Å². The van der Waals surface area contributed by atoms with Crippen molar-refractivity contribution < 1.29 is 0 Å². The van der Waals surface area contributed by atoms with Gasteiger partial charge in [-0.05, 0) is 29.8 Å². The van der Waals surface area contributed by atoms with Crippen molar-refractivity contribution in [3.05, 3.63) is 59.1 Å². The van der Waals surface area contributed by atoms with E-state index >= 15 is 0 Å². The number of hydrogen-bond acceptors (Lipinski definition) is 5. The molecule has 22 heavy (non-hydrogen) atoms. The molecule has 4 nitrogen and oxygen atoms in total. The van der Waals surface area contributed by atoms with E-state index in [4.69, 9.17) is 22.1 Å². The number of thioether (sulfide) groups is 1. The average molecular weight is 327 g/mol. The highest BCUT2D eigenvalue weighted by Crippen LogP contribution is 2.30. The molecule has 0 bridgehead atoms. The lowest BCUT2D eigenvalue weighted by molar-refractivity contribution is 1.28. The van der Waals surface area contributed by atoms with Gasteiger partial charge in [-0.1, -0.05) is 35.9 Å². The van der Waals surface area contributed by atoms with Crippen molar-refractivity contribution in [3.63, 3.8) is 0 Å². The molecule has 6 heteroatoms. The first-order valence-electron chi connectivity index (χ1n) is 6.33. The van der Waals surface area contributed by atoms with Crippen molar-refractivity contribution in [1.29, 1.82) is 10.5 Å². The van der Waals surface area contributed by atoms with Gasteiger partial charge in [0.2, 0.25) is 5.71 Å². The third kappa shape index (κ3) is 4.53. The molecule has 0 fully saturated rings. The topological polar surface area (TPSA) is 72.0 Å². The highest BCUT2D eigenvalue weighted by Gasteiger charge is 2.03. The molecular weight excluding hydrogens is 316 g/mol. The molecule has 0 saturated carbocycles. The Hall–Kier alpha value is -2.47. The summed E-state index contributed by atoms with van der Waals surface area (Å²) in [5, 5.41) is 21.9. The van der Waals surface area contributed by atoms with Crippen LogP contribution in [-0.4, -0.2) is 5.71 Å². The lowest BCUT2D eigenvalue weighted by Gasteiger charge is -2.08. The maximum atomic E-state index is 8.69. The second kappa shape index (κ2) is 8.09. The lowest BCUT2D eigenvalue weighted by atomic mass is 10.2. The first-order valence-corrected chi connectivity index (χ1v) is 7.69. The molecule has 0 aliphatic heterocycles. The zero-order chi connectivity index (χ0) is 15.8. The van der Waals surface area contributed by atoms with E-state index < -0.39 is 0 Å². The highest BCUT2D eigenvalue weighted by molar-refractivity contribution is 7.98. The van der Waals surface area contributed by atoms with Gasteiger partial charge in [0.05, 0.1) is 5.69 Å². The molecule has 0 aromatic heterocycles. The van der Waals surface area contributed by atoms with E-state index in [9.17, 15) is 0 Å². The van der Waals surface area contributed by atoms with Crippen LogP contribution in [0.3, 0.4) is 0 Å². The van der Waals surface area contributed by atoms with Crippen LogP contribution in [0.25, 0.3) is 0 Å². The Morgan fingerprint density at radius 2 is 1.77 bits per heavy atom. The summed E-state index contributed by atoms with van der Waals surface area (Å²) in [6.07, 6.45) is 0. The summed E-state index contributed by atoms with van der Waals surface area (Å²) >= 11 is 7.50. The van der Waals surface area contributed by atoms with E-state index in [2.05, 4.69) is 10.5 Å². The molecule has 108 valence electrons. The first-order chi connectivity index (χ1) is 10.7. The van der Waals surface area contributed by atoms with Crippen LogP contribution in [0.5, 0.6) is 0 Å². The van der Waals surface area contributed by atoms with Crippen LogP contribution in [0.4, 0.5) is 5.69 Å². The lowest BCUT2D eigenvalue weighted by Crippen LogP contribution is -1.97. The number of hydrogen-bond donors (Lipinski definition) is 1. The minimum Gasteiger partial charge on any atom is -0.275 e. The van der Waals surface area contributed by atoms with Gasteiger partial charge in [-0.15, -0.1) is 11.8 Å². The number of nitrogens with zero attached hydrogens (tertiary/aromatic N) is 3. The van der Waals surface area contributed by atoms with Crippen molar-refractivity contribution in [2.75, 3.05) is 5.43 Å². The molecule has 0 radical (unpaired) electrons. The maximum absolute atomic E-state index is 8.69. The molecule has 0 aliphatic carbocycles. The van der Waals surface area contributed by atoms with Gasteiger partial charge in [-0.2, -0.15) is 15.6 Å². The Labute approximate surface area is 138 Å². The van der Waals surface area contributed by atoms with Crippen molar-refractivity contribution in [1.82, 2.24) is 0 Å². The van der Waals surface area contributed by atoms with Gasteiger partial charge in [0, 0.05) is 15.7 Å². The van der Waals surface area contributed by atoms with E-state index in [0.717, 1.165) is 21.9 Å². The van der Waals surface area contributed by atoms with Crippen LogP contribution in [0.15, 0.2) is 58.5 Å². The van der Waals surface area contributed by atoms with E-state index in [1.165, 1.54) is 0 Å². The molecule has 0 heterocycles. The van der Waals surface area contributed by atoms with Gasteiger partial charge in [0.15, 0.2) is 0 Å². The predicted molar refractivity (Wildman–Crippen MR) is 89.7 cm³/mol. The van der Waals surface area contributed by atoms with Gasteiger partial charge < -0.3 is 0 Å². The van der Waals surface area contributed by atoms with Crippen LogP contribution in [0.1, 0.15) is 5.56 Å². The number of halogens is 1. The monoisotopic (exact) mass is 326 g/mol. The number of benzene rings is 2. The van der Waals surface area contributed by atoms with Crippen molar-refractivity contribution in [2.45, 2.75) is 10.6 Å². The zero-order valence-electron chi connectivity index (χ0n) is 11.5. The molecule has 0 spiro atoms. The normalized spacial score (nSPS) is 9.41. The van der Waals surface area contributed by atoms with Crippen molar-refractivity contribution in [3.8, 4) is 12.1 Å². The summed E-state index contributed by atoms with van der Waals surface area (Å²) in [5.41, 5.74) is 4.46. The third-order valence-corrected chi connectivity index (χ3v) is 4.09. The summed E-state index contributed by atoms with van der Waals surface area (Å²) in [7, 11) is 0. The summed E-state index contributed by atoms with van der Waals surface area (Å²) in [4.78, 5) is 0.983. The Morgan fingerprint density at radius 1 is 1.09 bits per heavy atom. The van der Waals surface area contributed by atoms with Gasteiger partial charge in [-0.3, -0.25) is 5.43 Å². The summed E-state index contributed by atoms with van der Waals surface area (Å²) < 4.78 is 0. The molecule has 2 rings (SSSR count). The van der Waals surface area contributed by atoms with E-state index in [1.807, 2.05) is 48.5 Å². The molecule has 2 aromatic rings. The standard InChI is InChI=1S/C16H11ClN4S/c17-13-7-5-12(6-8-13)11-22-16-4-2-1-3-15(16)21-20-14(9-18)10-19/h1-8,21H,11H2. The number of para-hydroxylation sites is 1. The average Bonchev–Trinajstić information content (AvgIpc) is 2.56. The molecule has 0 aliphatic rings. The summed E-state index contributed by atoms with van der Waals surface area (Å²) in [5.74, 6) is 0.781. The zero-order valence-corrected chi connectivity index (χ0v) is 13.0. The van der Waals surface area contributed by atoms with Gasteiger partial charge in [-0.25, -0.2) is 0 Å². The molecule has 0 unspecified atom stereocenters. The molecule has 0 atom stereocenters. The largest absolute Gasteiger partial charge is 0.275 e. The predicted octanol–water partition coefficient (Wildman–Crippen LogP) is 4.45. The Morgan fingerprint density at radius 3 is 2.45 bits per heavy atom. The number of rotatable bonds is 5. The maximum Gasteiger partial charge on any atom is 0.237 e.